The van der Waals surface area contributed by atoms with Gasteiger partial charge in [-0.1, -0.05) is 19.4 Å². The third-order valence-corrected chi connectivity index (χ3v) is 4.31. The minimum absolute atomic E-state index is 0.226. The molecule has 0 aromatic heterocycles. The van der Waals surface area contributed by atoms with E-state index in [0.29, 0.717) is 0 Å². The van der Waals surface area contributed by atoms with Crippen molar-refractivity contribution >= 4 is 5.96 Å². The summed E-state index contributed by atoms with van der Waals surface area (Å²) in [7, 11) is 0. The summed E-state index contributed by atoms with van der Waals surface area (Å²) < 4.78 is 0. The fourth-order valence-corrected chi connectivity index (χ4v) is 3.11. The quantitative estimate of drug-likeness (QED) is 0.742. The fraction of sp³-hybridized carbons (Fsp3) is 0.769. The highest BCUT2D eigenvalue weighted by Crippen LogP contribution is 2.40. The van der Waals surface area contributed by atoms with E-state index in [1.807, 2.05) is 6.08 Å². The molecule has 1 aliphatic heterocycles. The normalized spacial score (nSPS) is 34.2. The molecule has 16 heavy (non-hydrogen) atoms. The van der Waals surface area contributed by atoms with Gasteiger partial charge in [0, 0.05) is 6.54 Å². The van der Waals surface area contributed by atoms with E-state index in [2.05, 4.69) is 23.4 Å². The predicted octanol–water partition coefficient (Wildman–Crippen LogP) is 2.14. The highest BCUT2D eigenvalue weighted by molar-refractivity contribution is 5.81. The Hall–Kier alpha value is -0.990. The number of aliphatic imine (C=N–C) groups is 1. The number of nitrogens with zero attached hydrogens (tertiary/aromatic N) is 2. The molecule has 3 heteroatoms. The fourth-order valence-electron chi connectivity index (χ4n) is 3.11. The van der Waals surface area contributed by atoms with E-state index in [1.54, 1.807) is 0 Å². The summed E-state index contributed by atoms with van der Waals surface area (Å²) in [4.78, 5) is 6.71. The molecule has 0 aromatic carbocycles. The van der Waals surface area contributed by atoms with E-state index in [4.69, 9.17) is 5.73 Å². The second kappa shape index (κ2) is 4.48. The van der Waals surface area contributed by atoms with Gasteiger partial charge in [0.25, 0.3) is 0 Å². The standard InChI is InChI=1S/C13H23N3/c1-3-9-16-12(14)15-10-13(16)7-5-11(4-2)6-8-13/h3,11H,1,4-10H2,2H3,(H2,14,15). The molecule has 0 saturated heterocycles. The summed E-state index contributed by atoms with van der Waals surface area (Å²) in [5.41, 5.74) is 6.19. The predicted molar refractivity (Wildman–Crippen MR) is 68.4 cm³/mol. The van der Waals surface area contributed by atoms with Crippen LogP contribution in [-0.4, -0.2) is 29.5 Å². The lowest BCUT2D eigenvalue weighted by molar-refractivity contribution is 0.124. The Kier molecular flexibility index (Phi) is 3.22. The van der Waals surface area contributed by atoms with E-state index < -0.39 is 0 Å². The molecule has 0 atom stereocenters. The maximum absolute atomic E-state index is 5.97. The average molecular weight is 221 g/mol. The summed E-state index contributed by atoms with van der Waals surface area (Å²) in [6.45, 7) is 7.84. The zero-order valence-electron chi connectivity index (χ0n) is 10.3. The second-order valence-electron chi connectivity index (χ2n) is 5.15. The number of guanidine groups is 1. The van der Waals surface area contributed by atoms with Crippen molar-refractivity contribution in [3.63, 3.8) is 0 Å². The van der Waals surface area contributed by atoms with E-state index in [0.717, 1.165) is 25.0 Å². The first-order valence-electron chi connectivity index (χ1n) is 6.40. The molecule has 0 unspecified atom stereocenters. The Morgan fingerprint density at radius 3 is 2.81 bits per heavy atom. The van der Waals surface area contributed by atoms with E-state index in [9.17, 15) is 0 Å². The topological polar surface area (TPSA) is 41.6 Å². The molecule has 0 amide bonds. The van der Waals surface area contributed by atoms with Crippen molar-refractivity contribution in [3.8, 4) is 0 Å². The molecular weight excluding hydrogens is 198 g/mol. The highest BCUT2D eigenvalue weighted by Gasteiger charge is 2.43. The maximum Gasteiger partial charge on any atom is 0.192 e. The second-order valence-corrected chi connectivity index (χ2v) is 5.15. The Bertz CT molecular complexity index is 288. The molecule has 2 N–H and O–H groups in total. The van der Waals surface area contributed by atoms with Crippen molar-refractivity contribution in [2.45, 2.75) is 44.6 Å². The van der Waals surface area contributed by atoms with Gasteiger partial charge >= 0.3 is 0 Å². The Labute approximate surface area is 98.4 Å². The van der Waals surface area contributed by atoms with Crippen LogP contribution in [0.2, 0.25) is 0 Å². The first kappa shape index (κ1) is 11.5. The number of hydrogen-bond donors (Lipinski definition) is 1. The number of rotatable bonds is 3. The van der Waals surface area contributed by atoms with Gasteiger partial charge in [-0.05, 0) is 31.6 Å². The van der Waals surface area contributed by atoms with Gasteiger partial charge in [-0.2, -0.15) is 0 Å². The van der Waals surface area contributed by atoms with Crippen LogP contribution in [0, 0.1) is 5.92 Å². The molecule has 1 heterocycles. The molecule has 1 saturated carbocycles. The van der Waals surface area contributed by atoms with E-state index in [-0.39, 0.29) is 5.54 Å². The molecule has 1 aliphatic carbocycles. The van der Waals surface area contributed by atoms with Crippen LogP contribution in [0.15, 0.2) is 17.6 Å². The summed E-state index contributed by atoms with van der Waals surface area (Å²) in [6, 6.07) is 0. The molecule has 0 aromatic rings. The third kappa shape index (κ3) is 1.83. The van der Waals surface area contributed by atoms with Crippen LogP contribution in [0.3, 0.4) is 0 Å². The lowest BCUT2D eigenvalue weighted by Gasteiger charge is -2.43. The Morgan fingerprint density at radius 1 is 1.56 bits per heavy atom. The van der Waals surface area contributed by atoms with Crippen LogP contribution in [0.25, 0.3) is 0 Å². The lowest BCUT2D eigenvalue weighted by atomic mass is 9.75. The summed E-state index contributed by atoms with van der Waals surface area (Å²) >= 11 is 0. The molecule has 0 radical (unpaired) electrons. The van der Waals surface area contributed by atoms with Gasteiger partial charge in [-0.3, -0.25) is 4.99 Å². The zero-order valence-corrected chi connectivity index (χ0v) is 10.3. The van der Waals surface area contributed by atoms with Crippen LogP contribution in [0.1, 0.15) is 39.0 Å². The van der Waals surface area contributed by atoms with Crippen molar-refractivity contribution in [3.05, 3.63) is 12.7 Å². The van der Waals surface area contributed by atoms with Crippen molar-refractivity contribution in [2.24, 2.45) is 16.6 Å². The van der Waals surface area contributed by atoms with Crippen LogP contribution in [0.5, 0.6) is 0 Å². The molecule has 1 fully saturated rings. The van der Waals surface area contributed by atoms with Crippen LogP contribution < -0.4 is 5.73 Å². The molecule has 1 spiro atoms. The Morgan fingerprint density at radius 2 is 2.25 bits per heavy atom. The molecule has 2 rings (SSSR count). The van der Waals surface area contributed by atoms with Crippen LogP contribution in [-0.2, 0) is 0 Å². The minimum Gasteiger partial charge on any atom is -0.370 e. The summed E-state index contributed by atoms with van der Waals surface area (Å²) in [5, 5.41) is 0. The van der Waals surface area contributed by atoms with Gasteiger partial charge in [0.15, 0.2) is 5.96 Å². The molecular formula is C13H23N3. The first-order chi connectivity index (χ1) is 7.72. The van der Waals surface area contributed by atoms with Crippen molar-refractivity contribution in [1.82, 2.24) is 4.90 Å². The van der Waals surface area contributed by atoms with E-state index in [1.165, 1.54) is 32.1 Å². The summed E-state index contributed by atoms with van der Waals surface area (Å²) in [6.07, 6.45) is 8.38. The SMILES string of the molecule is C=CCN1C(N)=NCC12CCC(CC)CC2. The maximum atomic E-state index is 5.97. The average Bonchev–Trinajstić information content (AvgIpc) is 2.60. The van der Waals surface area contributed by atoms with Gasteiger partial charge in [0.2, 0.25) is 0 Å². The number of hydrogen-bond acceptors (Lipinski definition) is 3. The van der Waals surface area contributed by atoms with Crippen molar-refractivity contribution < 1.29 is 0 Å². The van der Waals surface area contributed by atoms with Gasteiger partial charge in [0.05, 0.1) is 12.1 Å². The number of nitrogens with two attached hydrogens (primary N) is 1. The lowest BCUT2D eigenvalue weighted by Crippen LogP contribution is -2.53. The van der Waals surface area contributed by atoms with Gasteiger partial charge < -0.3 is 10.6 Å². The van der Waals surface area contributed by atoms with Crippen molar-refractivity contribution in [1.29, 1.82) is 0 Å². The van der Waals surface area contributed by atoms with Crippen LogP contribution >= 0.6 is 0 Å². The van der Waals surface area contributed by atoms with Gasteiger partial charge in [-0.15, -0.1) is 6.58 Å². The van der Waals surface area contributed by atoms with Crippen molar-refractivity contribution in [2.75, 3.05) is 13.1 Å². The highest BCUT2D eigenvalue weighted by atomic mass is 15.4. The third-order valence-electron chi connectivity index (χ3n) is 4.31. The zero-order chi connectivity index (χ0) is 11.6. The smallest absolute Gasteiger partial charge is 0.192 e. The minimum atomic E-state index is 0.226. The Balaban J connectivity index is 2.06. The first-order valence-corrected chi connectivity index (χ1v) is 6.40. The van der Waals surface area contributed by atoms with Gasteiger partial charge in [-0.25, -0.2) is 0 Å². The molecule has 3 nitrogen and oxygen atoms in total. The molecule has 2 aliphatic rings. The van der Waals surface area contributed by atoms with Crippen LogP contribution in [0.4, 0.5) is 0 Å². The summed E-state index contributed by atoms with van der Waals surface area (Å²) in [5.74, 6) is 1.63. The largest absolute Gasteiger partial charge is 0.370 e. The monoisotopic (exact) mass is 221 g/mol. The van der Waals surface area contributed by atoms with E-state index >= 15 is 0 Å². The molecule has 0 bridgehead atoms. The molecule has 90 valence electrons. The van der Waals surface area contributed by atoms with Gasteiger partial charge in [0.1, 0.15) is 0 Å².